The minimum Gasteiger partial charge on any atom is -0.452 e. The van der Waals surface area contributed by atoms with Gasteiger partial charge in [0.05, 0.1) is 17.6 Å². The van der Waals surface area contributed by atoms with Gasteiger partial charge in [-0.1, -0.05) is 48.2 Å². The van der Waals surface area contributed by atoms with Crippen molar-refractivity contribution in [2.75, 3.05) is 24.2 Å². The Morgan fingerprint density at radius 3 is 2.48 bits per heavy atom. The smallest absolute Gasteiger partial charge is 0.201 e. The van der Waals surface area contributed by atoms with Crippen LogP contribution in [0.5, 0.6) is 5.75 Å². The predicted molar refractivity (Wildman–Crippen MR) is 126 cm³/mol. The van der Waals surface area contributed by atoms with E-state index in [0.29, 0.717) is 23.6 Å². The van der Waals surface area contributed by atoms with E-state index >= 15 is 0 Å². The lowest BCUT2D eigenvalue weighted by molar-refractivity contribution is 0.226. The zero-order valence-corrected chi connectivity index (χ0v) is 18.0. The Balaban J connectivity index is 1.99. The molecule has 1 N–H and O–H groups in total. The van der Waals surface area contributed by atoms with Gasteiger partial charge in [0, 0.05) is 30.5 Å². The Morgan fingerprint density at radius 2 is 1.84 bits per heavy atom. The molecule has 0 aliphatic heterocycles. The second-order valence-corrected chi connectivity index (χ2v) is 7.53. The maximum Gasteiger partial charge on any atom is 0.201 e. The van der Waals surface area contributed by atoms with Gasteiger partial charge in [-0.3, -0.25) is 0 Å². The molecule has 0 unspecified atom stereocenters. The van der Waals surface area contributed by atoms with E-state index in [-0.39, 0.29) is 5.82 Å². The Morgan fingerprint density at radius 1 is 1.10 bits per heavy atom. The second kappa shape index (κ2) is 9.17. The van der Waals surface area contributed by atoms with Crippen molar-refractivity contribution in [3.05, 3.63) is 72.5 Å². The summed E-state index contributed by atoms with van der Waals surface area (Å²) in [5, 5.41) is 0.804. The largest absolute Gasteiger partial charge is 0.452 e. The van der Waals surface area contributed by atoms with Crippen LogP contribution in [-0.2, 0) is 0 Å². The van der Waals surface area contributed by atoms with Crippen LogP contribution >= 0.6 is 11.9 Å². The fourth-order valence-corrected chi connectivity index (χ4v) is 4.04. The molecule has 4 rings (SSSR count). The Hall–Kier alpha value is -3.40. The van der Waals surface area contributed by atoms with Crippen LogP contribution in [0.1, 0.15) is 0 Å². The van der Waals surface area contributed by atoms with Crippen molar-refractivity contribution in [1.82, 2.24) is 5.48 Å². The molecule has 4 nitrogen and oxygen atoms in total. The van der Waals surface area contributed by atoms with Crippen LogP contribution in [0.25, 0.3) is 33.4 Å². The van der Waals surface area contributed by atoms with Crippen molar-refractivity contribution in [2.45, 2.75) is 0 Å². The zero-order valence-electron chi connectivity index (χ0n) is 17.2. The number of rotatable bonds is 7. The van der Waals surface area contributed by atoms with E-state index in [9.17, 15) is 4.39 Å². The molecule has 1 heterocycles. The lowest BCUT2D eigenvalue weighted by atomic mass is 10.0. The fraction of sp³-hybridized carbons (Fsp3) is 0.120. The van der Waals surface area contributed by atoms with Crippen molar-refractivity contribution in [3.63, 3.8) is 0 Å². The number of furan rings is 1. The van der Waals surface area contributed by atoms with Gasteiger partial charge in [-0.2, -0.15) is 5.48 Å². The Kier molecular flexibility index (Phi) is 6.17. The van der Waals surface area contributed by atoms with Gasteiger partial charge in [-0.15, -0.1) is 6.42 Å². The number of hydroxylamine groups is 1. The molecule has 1 aromatic heterocycles. The van der Waals surface area contributed by atoms with E-state index in [1.807, 2.05) is 40.9 Å². The maximum atomic E-state index is 13.5. The third-order valence-electron chi connectivity index (χ3n) is 4.88. The number of hydrogen-bond donors (Lipinski definition) is 1. The highest BCUT2D eigenvalue weighted by atomic mass is 32.2. The van der Waals surface area contributed by atoms with Gasteiger partial charge in [0.1, 0.15) is 11.4 Å². The number of hydrogen-bond acceptors (Lipinski definition) is 5. The lowest BCUT2D eigenvalue weighted by Gasteiger charge is -2.22. The summed E-state index contributed by atoms with van der Waals surface area (Å²) in [6.07, 6.45) is 7.60. The summed E-state index contributed by atoms with van der Waals surface area (Å²) in [5.74, 6) is 3.47. The topological polar surface area (TPSA) is 37.6 Å². The summed E-state index contributed by atoms with van der Waals surface area (Å²) in [6, 6.07) is 20.2. The summed E-state index contributed by atoms with van der Waals surface area (Å²) < 4.78 is 21.7. The third kappa shape index (κ3) is 4.11. The molecule has 31 heavy (non-hydrogen) atoms. The molecule has 0 fully saturated rings. The van der Waals surface area contributed by atoms with Gasteiger partial charge < -0.3 is 13.6 Å². The van der Waals surface area contributed by atoms with Crippen molar-refractivity contribution in [1.29, 1.82) is 0 Å². The molecule has 6 heteroatoms. The summed E-state index contributed by atoms with van der Waals surface area (Å²) in [7, 11) is 1.68. The number of terminal acetylenes is 1. The number of fused-ring (bicyclic) bond motifs is 1. The Labute approximate surface area is 185 Å². The molecule has 0 atom stereocenters. The first kappa shape index (κ1) is 20.9. The molecule has 0 aliphatic carbocycles. The Bertz CT molecular complexity index is 1230. The first-order valence-corrected chi connectivity index (χ1v) is 10.8. The van der Waals surface area contributed by atoms with Crippen LogP contribution in [0.3, 0.4) is 0 Å². The fourth-order valence-electron chi connectivity index (χ4n) is 3.49. The molecule has 0 radical (unpaired) electrons. The predicted octanol–water partition coefficient (Wildman–Crippen LogP) is 6.14. The van der Waals surface area contributed by atoms with Crippen LogP contribution < -0.4 is 14.6 Å². The SMILES string of the molecule is C#CCN(SC)c1cc2oc(-c3ccc(F)cc3)c(ONC)c2cc1-c1ccccc1. The minimum absolute atomic E-state index is 0.311. The second-order valence-electron chi connectivity index (χ2n) is 6.73. The summed E-state index contributed by atoms with van der Waals surface area (Å²) in [5.41, 5.74) is 7.10. The molecule has 156 valence electrons. The third-order valence-corrected chi connectivity index (χ3v) is 5.65. The summed E-state index contributed by atoms with van der Waals surface area (Å²) in [6.45, 7) is 0.442. The van der Waals surface area contributed by atoms with Crippen LogP contribution in [-0.4, -0.2) is 19.8 Å². The number of halogens is 1. The molecule has 0 saturated carbocycles. The number of benzene rings is 3. The highest BCUT2D eigenvalue weighted by molar-refractivity contribution is 8.00. The van der Waals surface area contributed by atoms with E-state index in [0.717, 1.165) is 27.8 Å². The van der Waals surface area contributed by atoms with E-state index in [4.69, 9.17) is 15.7 Å². The van der Waals surface area contributed by atoms with Crippen molar-refractivity contribution in [3.8, 4) is 40.5 Å². The van der Waals surface area contributed by atoms with Crippen molar-refractivity contribution in [2.24, 2.45) is 0 Å². The van der Waals surface area contributed by atoms with E-state index in [1.54, 1.807) is 31.1 Å². The van der Waals surface area contributed by atoms with E-state index in [2.05, 4.69) is 23.5 Å². The highest BCUT2D eigenvalue weighted by Gasteiger charge is 2.22. The van der Waals surface area contributed by atoms with Crippen LogP contribution in [0, 0.1) is 18.2 Å². The molecule has 0 spiro atoms. The average molecular weight is 433 g/mol. The first-order valence-electron chi connectivity index (χ1n) is 9.67. The molecule has 4 aromatic rings. The molecular formula is C25H21FN2O2S. The standard InChI is InChI=1S/C25H21FN2O2S/c1-4-14-28(31-3)22-16-23-21(15-20(22)17-8-6-5-7-9-17)25(30-27-2)24(29-23)18-10-12-19(26)13-11-18/h1,5-13,15-16,27H,14H2,2-3H3. The average Bonchev–Trinajstić information content (AvgIpc) is 3.15. The van der Waals surface area contributed by atoms with Gasteiger partial charge in [0.2, 0.25) is 5.75 Å². The van der Waals surface area contributed by atoms with Crippen molar-refractivity contribution < 1.29 is 13.6 Å². The van der Waals surface area contributed by atoms with Gasteiger partial charge in [-0.05, 0) is 35.9 Å². The van der Waals surface area contributed by atoms with Crippen LogP contribution in [0.15, 0.2) is 71.1 Å². The van der Waals surface area contributed by atoms with Crippen molar-refractivity contribution >= 4 is 28.6 Å². The number of nitrogens with one attached hydrogen (secondary N) is 1. The highest BCUT2D eigenvalue weighted by Crippen LogP contribution is 2.45. The van der Waals surface area contributed by atoms with Gasteiger partial charge >= 0.3 is 0 Å². The minimum atomic E-state index is -0.311. The summed E-state index contributed by atoms with van der Waals surface area (Å²) in [4.78, 5) is 5.75. The van der Waals surface area contributed by atoms with Gasteiger partial charge in [0.25, 0.3) is 0 Å². The number of nitrogens with zero attached hydrogens (tertiary/aromatic N) is 1. The monoisotopic (exact) mass is 432 g/mol. The van der Waals surface area contributed by atoms with Crippen LogP contribution in [0.2, 0.25) is 0 Å². The maximum absolute atomic E-state index is 13.5. The first-order chi connectivity index (χ1) is 15.2. The van der Waals surface area contributed by atoms with E-state index in [1.165, 1.54) is 12.1 Å². The zero-order chi connectivity index (χ0) is 21.8. The molecule has 0 aliphatic rings. The normalized spacial score (nSPS) is 10.8. The molecule has 0 saturated heterocycles. The molecular weight excluding hydrogens is 411 g/mol. The molecule has 0 amide bonds. The van der Waals surface area contributed by atoms with Gasteiger partial charge in [0.15, 0.2) is 5.76 Å². The van der Waals surface area contributed by atoms with Crippen LogP contribution in [0.4, 0.5) is 10.1 Å². The van der Waals surface area contributed by atoms with E-state index < -0.39 is 0 Å². The lowest BCUT2D eigenvalue weighted by Crippen LogP contribution is -2.14. The molecule has 3 aromatic carbocycles. The molecule has 0 bridgehead atoms. The summed E-state index contributed by atoms with van der Waals surface area (Å²) >= 11 is 1.55. The van der Waals surface area contributed by atoms with Gasteiger partial charge in [-0.25, -0.2) is 4.39 Å². The number of anilines is 1. The quantitative estimate of drug-likeness (QED) is 0.216.